The third-order valence-corrected chi connectivity index (χ3v) is 21.8. The molecule has 8 rings (SSSR count). The van der Waals surface area contributed by atoms with Crippen LogP contribution in [-0.4, -0.2) is 10.2 Å². The molecule has 0 spiro atoms. The van der Waals surface area contributed by atoms with Gasteiger partial charge < -0.3 is 10.2 Å². The molecule has 0 bridgehead atoms. The first-order valence-electron chi connectivity index (χ1n) is 21.2. The summed E-state index contributed by atoms with van der Waals surface area (Å²) in [4.78, 5) is 0. The molecule has 0 amide bonds. The van der Waals surface area contributed by atoms with Crippen LogP contribution in [-0.2, 0) is 61.6 Å². The maximum absolute atomic E-state index is 13.0. The third kappa shape index (κ3) is 7.47. The zero-order valence-corrected chi connectivity index (χ0v) is 38.3. The minimum atomic E-state index is -2.55. The lowest BCUT2D eigenvalue weighted by Gasteiger charge is -2.30. The van der Waals surface area contributed by atoms with Crippen LogP contribution in [0.4, 0.5) is 0 Å². The number of aryl methyl sites for hydroxylation is 4. The average molecular weight is 859 g/mol. The second-order valence-electron chi connectivity index (χ2n) is 15.7. The molecular weight excluding hydrogens is 807 g/mol. The Morgan fingerprint density at radius 3 is 0.933 bits per heavy atom. The van der Waals surface area contributed by atoms with E-state index in [9.17, 15) is 10.2 Å². The molecule has 0 heterocycles. The Morgan fingerprint density at radius 1 is 0.367 bits per heavy atom. The minimum Gasteiger partial charge on any atom is -0.507 e. The van der Waals surface area contributed by atoms with E-state index in [1.54, 1.807) is 0 Å². The molecular formula is C54H52O2P2S2. The first-order valence-corrected chi connectivity index (χ1v) is 27.1. The maximum atomic E-state index is 13.0. The van der Waals surface area contributed by atoms with Gasteiger partial charge in [-0.1, -0.05) is 197 Å². The number of hydrogen-bond donors (Lipinski definition) is 2. The topological polar surface area (TPSA) is 40.5 Å². The second kappa shape index (κ2) is 17.6. The highest BCUT2D eigenvalue weighted by molar-refractivity contribution is 8.22. The largest absolute Gasteiger partial charge is 0.507 e. The predicted molar refractivity (Wildman–Crippen MR) is 268 cm³/mol. The molecule has 0 aliphatic heterocycles. The highest BCUT2D eigenvalue weighted by Gasteiger charge is 2.32. The standard InChI is InChI=1S/C54H52O2P2S2/c1-5-37-21-11-17-29-47(37)57(59,48-30-18-12-22-38(48)6-2)35-43-33-41-25-9-15-27-45(41)51(53(43)55)52-46-28-16-10-26-42(46)34-44(54(52)56)36-58(60,49-31-19-13-23-39(49)7-3)50-32-20-14-24-40(50)8-4/h9-34,55-56H,5-8,35-36H2,1-4H3. The highest BCUT2D eigenvalue weighted by Crippen LogP contribution is 2.56. The van der Waals surface area contributed by atoms with Crippen molar-refractivity contribution in [1.82, 2.24) is 0 Å². The quantitative estimate of drug-likeness (QED) is 0.113. The van der Waals surface area contributed by atoms with E-state index in [-0.39, 0.29) is 11.5 Å². The van der Waals surface area contributed by atoms with Gasteiger partial charge in [0.05, 0.1) is 0 Å². The van der Waals surface area contributed by atoms with Crippen molar-refractivity contribution in [3.05, 3.63) is 191 Å². The van der Waals surface area contributed by atoms with Crippen LogP contribution in [0.15, 0.2) is 158 Å². The number of aromatic hydroxyl groups is 2. The SMILES string of the molecule is CCc1ccccc1P(=S)(Cc1cc2ccccc2c(-c2c(O)c(CP(=S)(c3ccccc3CC)c3ccccc3CC)cc3ccccc23)c1O)c1ccccc1CC. The Kier molecular flexibility index (Phi) is 12.3. The molecule has 0 saturated heterocycles. The van der Waals surface area contributed by atoms with Crippen LogP contribution in [0, 0.1) is 0 Å². The number of fused-ring (bicyclic) bond motifs is 2. The van der Waals surface area contributed by atoms with Crippen molar-refractivity contribution in [2.75, 3.05) is 0 Å². The molecule has 0 atom stereocenters. The number of phenolic OH excluding ortho intramolecular Hbond substituents is 2. The maximum Gasteiger partial charge on any atom is 0.127 e. The van der Waals surface area contributed by atoms with Crippen molar-refractivity contribution in [3.63, 3.8) is 0 Å². The lowest BCUT2D eigenvalue weighted by Crippen LogP contribution is -2.23. The lowest BCUT2D eigenvalue weighted by molar-refractivity contribution is 0.465. The summed E-state index contributed by atoms with van der Waals surface area (Å²) in [6.07, 6.45) is 4.43. The molecule has 0 aliphatic carbocycles. The van der Waals surface area contributed by atoms with E-state index in [1.807, 2.05) is 24.3 Å². The van der Waals surface area contributed by atoms with Crippen LogP contribution in [0.2, 0.25) is 0 Å². The molecule has 8 aromatic rings. The Morgan fingerprint density at radius 2 is 0.633 bits per heavy atom. The van der Waals surface area contributed by atoms with E-state index in [0.717, 1.165) is 58.4 Å². The molecule has 60 heavy (non-hydrogen) atoms. The van der Waals surface area contributed by atoms with Crippen molar-refractivity contribution >= 4 is 78.5 Å². The monoisotopic (exact) mass is 858 g/mol. The molecule has 6 heteroatoms. The van der Waals surface area contributed by atoms with Crippen molar-refractivity contribution in [2.24, 2.45) is 0 Å². The second-order valence-corrected chi connectivity index (χ2v) is 24.9. The first kappa shape index (κ1) is 41.9. The van der Waals surface area contributed by atoms with E-state index >= 15 is 0 Å². The van der Waals surface area contributed by atoms with Gasteiger partial charge in [0, 0.05) is 46.7 Å². The zero-order valence-electron chi connectivity index (χ0n) is 34.9. The van der Waals surface area contributed by atoms with Crippen LogP contribution < -0.4 is 21.2 Å². The summed E-state index contributed by atoms with van der Waals surface area (Å²) in [5.41, 5.74) is 7.81. The predicted octanol–water partition coefficient (Wildman–Crippen LogP) is 12.6. The number of phenols is 2. The molecule has 2 N–H and O–H groups in total. The van der Waals surface area contributed by atoms with Gasteiger partial charge in [0.15, 0.2) is 0 Å². The normalized spacial score (nSPS) is 12.0. The van der Waals surface area contributed by atoms with Crippen molar-refractivity contribution in [1.29, 1.82) is 0 Å². The molecule has 8 aromatic carbocycles. The van der Waals surface area contributed by atoms with E-state index in [1.165, 1.54) is 43.5 Å². The fraction of sp³-hybridized carbons (Fsp3) is 0.185. The summed E-state index contributed by atoms with van der Waals surface area (Å²) in [5.74, 6) is 0.325. The van der Waals surface area contributed by atoms with Crippen LogP contribution in [0.25, 0.3) is 32.7 Å². The molecule has 0 saturated carbocycles. The van der Waals surface area contributed by atoms with Crippen molar-refractivity contribution < 1.29 is 10.2 Å². The van der Waals surface area contributed by atoms with E-state index in [2.05, 4.69) is 161 Å². The van der Waals surface area contributed by atoms with Crippen LogP contribution in [0.1, 0.15) is 61.1 Å². The first-order chi connectivity index (χ1) is 29.2. The fourth-order valence-electron chi connectivity index (χ4n) is 9.27. The summed E-state index contributed by atoms with van der Waals surface area (Å²) in [5, 5.41) is 34.5. The van der Waals surface area contributed by atoms with Crippen molar-refractivity contribution in [3.8, 4) is 22.6 Å². The number of benzene rings is 8. The molecule has 2 nitrogen and oxygen atoms in total. The van der Waals surface area contributed by atoms with Crippen LogP contribution in [0.5, 0.6) is 11.5 Å². The van der Waals surface area contributed by atoms with Gasteiger partial charge in [0.2, 0.25) is 0 Å². The van der Waals surface area contributed by atoms with Gasteiger partial charge in [-0.25, -0.2) is 0 Å². The molecule has 0 aliphatic rings. The van der Waals surface area contributed by atoms with Gasteiger partial charge in [0.1, 0.15) is 11.5 Å². The van der Waals surface area contributed by atoms with Crippen LogP contribution >= 0.6 is 12.1 Å². The van der Waals surface area contributed by atoms with Gasteiger partial charge in [-0.2, -0.15) is 0 Å². The number of rotatable bonds is 13. The summed E-state index contributed by atoms with van der Waals surface area (Å²) in [7, 11) is 0. The van der Waals surface area contributed by atoms with Gasteiger partial charge in [-0.05, 0) is 103 Å². The molecule has 0 aromatic heterocycles. The lowest BCUT2D eigenvalue weighted by atomic mass is 9.89. The average Bonchev–Trinajstić information content (AvgIpc) is 3.29. The molecule has 0 fully saturated rings. The zero-order chi connectivity index (χ0) is 42.0. The molecule has 0 radical (unpaired) electrons. The summed E-state index contributed by atoms with van der Waals surface area (Å²) < 4.78 is 0. The Bertz CT molecular complexity index is 2680. The van der Waals surface area contributed by atoms with E-state index in [4.69, 9.17) is 23.6 Å². The summed E-state index contributed by atoms with van der Waals surface area (Å²) in [6, 6.07) is 50.1. The third-order valence-electron chi connectivity index (χ3n) is 12.3. The van der Waals surface area contributed by atoms with E-state index < -0.39 is 12.1 Å². The molecule has 0 unspecified atom stereocenters. The van der Waals surface area contributed by atoms with Crippen molar-refractivity contribution in [2.45, 2.75) is 65.7 Å². The fourth-order valence-corrected chi connectivity index (χ4v) is 19.0. The number of hydrogen-bond acceptors (Lipinski definition) is 4. The summed E-state index contributed by atoms with van der Waals surface area (Å²) in [6.45, 7) is 8.77. The Hall–Kier alpha value is -4.82. The van der Waals surface area contributed by atoms with Gasteiger partial charge in [-0.15, -0.1) is 0 Å². The Labute approximate surface area is 366 Å². The van der Waals surface area contributed by atoms with Crippen LogP contribution in [0.3, 0.4) is 0 Å². The van der Waals surface area contributed by atoms with Gasteiger partial charge in [0.25, 0.3) is 0 Å². The Balaban J connectivity index is 1.40. The van der Waals surface area contributed by atoms with Gasteiger partial charge in [-0.3, -0.25) is 0 Å². The summed E-state index contributed by atoms with van der Waals surface area (Å²) >= 11 is 14.1. The van der Waals surface area contributed by atoms with Gasteiger partial charge >= 0.3 is 0 Å². The molecule has 302 valence electrons. The smallest absolute Gasteiger partial charge is 0.127 e. The van der Waals surface area contributed by atoms with E-state index in [0.29, 0.717) is 23.5 Å². The minimum absolute atomic E-state index is 0.163. The highest BCUT2D eigenvalue weighted by atomic mass is 32.4.